The van der Waals surface area contributed by atoms with E-state index in [0.717, 1.165) is 94.8 Å². The van der Waals surface area contributed by atoms with Gasteiger partial charge >= 0.3 is 0 Å². The Kier molecular flexibility index (Phi) is 9.82. The van der Waals surface area contributed by atoms with Gasteiger partial charge in [-0.25, -0.2) is 29.6 Å². The summed E-state index contributed by atoms with van der Waals surface area (Å²) < 4.78 is 2.29. The van der Waals surface area contributed by atoms with Crippen molar-refractivity contribution in [2.75, 3.05) is 0 Å². The van der Waals surface area contributed by atoms with Gasteiger partial charge in [-0.2, -0.15) is 0 Å². The van der Waals surface area contributed by atoms with Crippen molar-refractivity contribution in [1.29, 1.82) is 0 Å². The lowest BCUT2D eigenvalue weighted by Gasteiger charge is -2.17. The van der Waals surface area contributed by atoms with E-state index < -0.39 is 0 Å². The molecule has 0 atom stereocenters. The number of para-hydroxylation sites is 1. The van der Waals surface area contributed by atoms with Crippen LogP contribution >= 0.6 is 0 Å². The fraction of sp³-hybridized carbons (Fsp3) is 0. The van der Waals surface area contributed by atoms with Crippen molar-refractivity contribution in [2.24, 2.45) is 0 Å². The number of fused-ring (bicyclic) bond motifs is 3. The summed E-state index contributed by atoms with van der Waals surface area (Å²) in [7, 11) is 0. The highest BCUT2D eigenvalue weighted by molar-refractivity contribution is 6.11. The fourth-order valence-corrected chi connectivity index (χ4v) is 8.52. The molecule has 0 spiro atoms. The predicted molar refractivity (Wildman–Crippen MR) is 263 cm³/mol. The Morgan fingerprint density at radius 3 is 1.34 bits per heavy atom. The highest BCUT2D eigenvalue weighted by Gasteiger charge is 2.21. The molecule has 302 valence electrons. The first-order chi connectivity index (χ1) is 32.1. The number of hydrogen-bond acceptors (Lipinski definition) is 4. The second-order valence-corrected chi connectivity index (χ2v) is 15.7. The molecule has 0 radical (unpaired) electrons. The van der Waals surface area contributed by atoms with Crippen LogP contribution < -0.4 is 0 Å². The van der Waals surface area contributed by atoms with Crippen molar-refractivity contribution in [2.45, 2.75) is 0 Å². The number of nitrogens with zero attached hydrogens (tertiary/aromatic N) is 7. The number of aromatic nitrogens is 5. The lowest BCUT2D eigenvalue weighted by molar-refractivity contribution is 1.13. The van der Waals surface area contributed by atoms with Gasteiger partial charge in [0.05, 0.1) is 52.6 Å². The zero-order chi connectivity index (χ0) is 43.7. The summed E-state index contributed by atoms with van der Waals surface area (Å²) >= 11 is 0. The summed E-state index contributed by atoms with van der Waals surface area (Å²) in [6.45, 7) is 15.5. The Bertz CT molecular complexity index is 3520. The summed E-state index contributed by atoms with van der Waals surface area (Å²) in [5, 5.41) is 2.14. The molecule has 0 unspecified atom stereocenters. The summed E-state index contributed by atoms with van der Waals surface area (Å²) in [5.41, 5.74) is 14.1. The van der Waals surface area contributed by atoms with Crippen molar-refractivity contribution in [3.63, 3.8) is 0 Å². The topological polar surface area (TPSA) is 65.2 Å². The van der Waals surface area contributed by atoms with Crippen LogP contribution in [0.5, 0.6) is 0 Å². The smallest absolute Gasteiger partial charge is 0.177 e. The highest BCUT2D eigenvalue weighted by Crippen LogP contribution is 2.41. The summed E-state index contributed by atoms with van der Waals surface area (Å²) in [6, 6.07) is 71.3. The van der Waals surface area contributed by atoms with Gasteiger partial charge in [0.15, 0.2) is 23.0 Å². The van der Waals surface area contributed by atoms with E-state index in [1.165, 1.54) is 0 Å². The second-order valence-electron chi connectivity index (χ2n) is 15.7. The van der Waals surface area contributed by atoms with E-state index in [2.05, 4.69) is 123 Å². The molecule has 8 aromatic carbocycles. The third-order valence-corrected chi connectivity index (χ3v) is 11.6. The molecule has 7 heteroatoms. The van der Waals surface area contributed by atoms with Crippen molar-refractivity contribution in [3.05, 3.63) is 235 Å². The predicted octanol–water partition coefficient (Wildman–Crippen LogP) is 15.1. The molecule has 0 aliphatic heterocycles. The Morgan fingerprint density at radius 1 is 0.323 bits per heavy atom. The van der Waals surface area contributed by atoms with Gasteiger partial charge in [0.2, 0.25) is 0 Å². The van der Waals surface area contributed by atoms with Crippen LogP contribution in [0, 0.1) is 13.1 Å². The van der Waals surface area contributed by atoms with Crippen LogP contribution in [0.1, 0.15) is 0 Å². The second kappa shape index (κ2) is 16.5. The molecule has 7 nitrogen and oxygen atoms in total. The third kappa shape index (κ3) is 7.36. The molecule has 0 bridgehead atoms. The summed E-state index contributed by atoms with van der Waals surface area (Å²) in [5.74, 6) is 1.18. The average Bonchev–Trinajstić information content (AvgIpc) is 3.72. The first-order valence-corrected chi connectivity index (χ1v) is 21.2. The van der Waals surface area contributed by atoms with E-state index in [4.69, 9.17) is 33.1 Å². The van der Waals surface area contributed by atoms with Crippen LogP contribution in [-0.2, 0) is 0 Å². The number of rotatable bonds is 8. The van der Waals surface area contributed by atoms with Crippen molar-refractivity contribution in [1.82, 2.24) is 24.5 Å². The van der Waals surface area contributed by atoms with Gasteiger partial charge < -0.3 is 4.57 Å². The van der Waals surface area contributed by atoms with Crippen molar-refractivity contribution < 1.29 is 0 Å². The molecule has 0 amide bonds. The Labute approximate surface area is 375 Å². The molecule has 3 heterocycles. The Balaban J connectivity index is 1.21. The molecule has 0 aliphatic rings. The minimum absolute atomic E-state index is 0.423. The fourth-order valence-electron chi connectivity index (χ4n) is 8.52. The molecule has 0 N–H and O–H groups in total. The van der Waals surface area contributed by atoms with Crippen LogP contribution in [0.25, 0.3) is 116 Å². The standard InChI is InChI=1S/C58H35N7/c1-59-45-31-44(32-46(35-45)60-2)42-27-29-48-47-25-15-16-26-54(47)65(56(48)34-42)55-30-28-43(53-37-50(38-17-7-3-8-18-38)61-57(62-53)41-23-13-6-14-24-41)33-49(55)58-63-51(39-19-9-4-10-20-39)36-52(64-58)40-21-11-5-12-22-40/h3-37H. The molecule has 0 fully saturated rings. The van der Waals surface area contributed by atoms with Crippen LogP contribution in [0.3, 0.4) is 0 Å². The van der Waals surface area contributed by atoms with Gasteiger partial charge in [0.25, 0.3) is 0 Å². The maximum atomic E-state index is 7.76. The van der Waals surface area contributed by atoms with Gasteiger partial charge in [0, 0.05) is 44.2 Å². The van der Waals surface area contributed by atoms with E-state index in [-0.39, 0.29) is 0 Å². The Morgan fingerprint density at radius 2 is 0.785 bits per heavy atom. The van der Waals surface area contributed by atoms with Crippen LogP contribution in [0.15, 0.2) is 212 Å². The lowest BCUT2D eigenvalue weighted by Crippen LogP contribution is -2.03. The molecule has 11 aromatic rings. The molecule has 0 saturated carbocycles. The van der Waals surface area contributed by atoms with Gasteiger partial charge in [0.1, 0.15) is 0 Å². The minimum atomic E-state index is 0.423. The first-order valence-electron chi connectivity index (χ1n) is 21.2. The zero-order valence-corrected chi connectivity index (χ0v) is 34.8. The minimum Gasteiger partial charge on any atom is -0.308 e. The van der Waals surface area contributed by atoms with Crippen LogP contribution in [0.4, 0.5) is 11.4 Å². The quantitative estimate of drug-likeness (QED) is 0.143. The largest absolute Gasteiger partial charge is 0.308 e. The van der Waals surface area contributed by atoms with Gasteiger partial charge in [-0.3, -0.25) is 0 Å². The van der Waals surface area contributed by atoms with Crippen molar-refractivity contribution in [3.8, 4) is 84.6 Å². The Hall–Kier alpha value is -9.30. The van der Waals surface area contributed by atoms with Gasteiger partial charge in [-0.05, 0) is 47.5 Å². The average molecular weight is 830 g/mol. The molecule has 65 heavy (non-hydrogen) atoms. The molecule has 0 aliphatic carbocycles. The third-order valence-electron chi connectivity index (χ3n) is 11.6. The number of hydrogen-bond donors (Lipinski definition) is 0. The van der Waals surface area contributed by atoms with Gasteiger partial charge in [-0.1, -0.05) is 176 Å². The maximum Gasteiger partial charge on any atom is 0.177 e. The van der Waals surface area contributed by atoms with E-state index in [1.54, 1.807) is 6.07 Å². The molecule has 11 rings (SSSR count). The van der Waals surface area contributed by atoms with Crippen molar-refractivity contribution >= 4 is 33.2 Å². The van der Waals surface area contributed by atoms with Crippen LogP contribution in [-0.4, -0.2) is 24.5 Å². The molecule has 3 aromatic heterocycles. The normalized spacial score (nSPS) is 11.0. The molecule has 0 saturated heterocycles. The van der Waals surface area contributed by atoms with Gasteiger partial charge in [-0.15, -0.1) is 0 Å². The van der Waals surface area contributed by atoms with E-state index in [1.807, 2.05) is 97.1 Å². The summed E-state index contributed by atoms with van der Waals surface area (Å²) in [6.07, 6.45) is 0. The highest BCUT2D eigenvalue weighted by atomic mass is 15.0. The number of benzene rings is 8. The zero-order valence-electron chi connectivity index (χ0n) is 34.8. The molecular weight excluding hydrogens is 795 g/mol. The monoisotopic (exact) mass is 829 g/mol. The van der Waals surface area contributed by atoms with E-state index in [9.17, 15) is 0 Å². The maximum absolute atomic E-state index is 7.76. The van der Waals surface area contributed by atoms with E-state index >= 15 is 0 Å². The molecular formula is C58H35N7. The van der Waals surface area contributed by atoms with E-state index in [0.29, 0.717) is 23.0 Å². The SMILES string of the molecule is [C-]#[N+]c1cc([N+]#[C-])cc(-c2ccc3c4ccccc4n(-c4ccc(-c5cc(-c6ccccc6)nc(-c6ccccc6)n5)cc4-c4nc(-c5ccccc5)cc(-c5ccccc5)n4)c3c2)c1. The first kappa shape index (κ1) is 38.6. The lowest BCUT2D eigenvalue weighted by atomic mass is 10.0. The summed E-state index contributed by atoms with van der Waals surface area (Å²) in [4.78, 5) is 28.5. The van der Waals surface area contributed by atoms with Crippen LogP contribution in [0.2, 0.25) is 0 Å².